The average Bonchev–Trinajstić information content (AvgIpc) is 2.33. The van der Waals surface area contributed by atoms with Crippen LogP contribution < -0.4 is 5.32 Å². The van der Waals surface area contributed by atoms with E-state index in [4.69, 9.17) is 9.47 Å². The van der Waals surface area contributed by atoms with Gasteiger partial charge in [0.15, 0.2) is 0 Å². The Morgan fingerprint density at radius 2 is 1.72 bits per heavy atom. The third-order valence-corrected chi connectivity index (χ3v) is 2.00. The molecule has 5 nitrogen and oxygen atoms in total. The lowest BCUT2D eigenvalue weighted by molar-refractivity contribution is -0.139. The molecule has 0 heterocycles. The van der Waals surface area contributed by atoms with Crippen molar-refractivity contribution in [3.05, 3.63) is 24.4 Å². The molecule has 0 aliphatic heterocycles. The summed E-state index contributed by atoms with van der Waals surface area (Å²) in [6.07, 6.45) is 1.79. The van der Waals surface area contributed by atoms with E-state index in [9.17, 15) is 9.59 Å². The Hall–Kier alpha value is -1.78. The van der Waals surface area contributed by atoms with Gasteiger partial charge in [0.1, 0.15) is 12.3 Å². The molecule has 0 aromatic carbocycles. The monoisotopic (exact) mass is 255 g/mol. The van der Waals surface area contributed by atoms with Gasteiger partial charge < -0.3 is 14.8 Å². The van der Waals surface area contributed by atoms with Crippen LogP contribution in [0.25, 0.3) is 0 Å². The molecule has 0 saturated heterocycles. The van der Waals surface area contributed by atoms with Gasteiger partial charge in [0, 0.05) is 12.1 Å². The molecule has 0 aromatic heterocycles. The lowest BCUT2D eigenvalue weighted by atomic mass is 10.3. The average molecular weight is 255 g/mol. The molecule has 0 radical (unpaired) electrons. The highest BCUT2D eigenvalue weighted by Crippen LogP contribution is 1.95. The molecule has 0 saturated carbocycles. The predicted octanol–water partition coefficient (Wildman–Crippen LogP) is 1.55. The summed E-state index contributed by atoms with van der Waals surface area (Å²) in [4.78, 5) is 22.4. The van der Waals surface area contributed by atoms with Crippen LogP contribution in [-0.2, 0) is 19.1 Å². The molecule has 102 valence electrons. The van der Waals surface area contributed by atoms with Crippen LogP contribution in [-0.4, -0.2) is 31.7 Å². The molecule has 1 N–H and O–H groups in total. The summed E-state index contributed by atoms with van der Waals surface area (Å²) in [6.45, 7) is 11.4. The number of esters is 2. The minimum Gasteiger partial charge on any atom is -0.461 e. The highest BCUT2D eigenvalue weighted by atomic mass is 16.5. The lowest BCUT2D eigenvalue weighted by Gasteiger charge is -2.09. The van der Waals surface area contributed by atoms with E-state index >= 15 is 0 Å². The molecule has 5 heteroatoms. The van der Waals surface area contributed by atoms with Crippen molar-refractivity contribution < 1.29 is 19.1 Å². The van der Waals surface area contributed by atoms with Gasteiger partial charge in [0.25, 0.3) is 0 Å². The molecule has 0 atom stereocenters. The second-order valence-corrected chi connectivity index (χ2v) is 3.81. The van der Waals surface area contributed by atoms with Gasteiger partial charge in [0.05, 0.1) is 6.61 Å². The van der Waals surface area contributed by atoms with Gasteiger partial charge in [-0.25, -0.2) is 9.59 Å². The highest BCUT2D eigenvalue weighted by Gasteiger charge is 2.08. The van der Waals surface area contributed by atoms with Crippen LogP contribution in [0.3, 0.4) is 0 Å². The fraction of sp³-hybridized carbons (Fsp3) is 0.538. The van der Waals surface area contributed by atoms with Crippen molar-refractivity contribution in [1.29, 1.82) is 0 Å². The van der Waals surface area contributed by atoms with Gasteiger partial charge in [-0.3, -0.25) is 0 Å². The number of rotatable bonds is 9. The highest BCUT2D eigenvalue weighted by molar-refractivity contribution is 5.87. The number of hydrogen-bond acceptors (Lipinski definition) is 5. The second kappa shape index (κ2) is 9.27. The maximum atomic E-state index is 11.3. The van der Waals surface area contributed by atoms with Crippen LogP contribution in [0.5, 0.6) is 0 Å². The zero-order valence-electron chi connectivity index (χ0n) is 11.1. The maximum absolute atomic E-state index is 11.3. The van der Waals surface area contributed by atoms with Gasteiger partial charge in [-0.1, -0.05) is 26.5 Å². The van der Waals surface area contributed by atoms with Crippen LogP contribution in [0.1, 0.15) is 26.7 Å². The fourth-order valence-electron chi connectivity index (χ4n) is 0.937. The summed E-state index contributed by atoms with van der Waals surface area (Å²) in [5, 5.41) is 2.73. The fourth-order valence-corrected chi connectivity index (χ4v) is 0.937. The molecule has 0 unspecified atom stereocenters. The Morgan fingerprint density at radius 1 is 1.11 bits per heavy atom. The van der Waals surface area contributed by atoms with Crippen LogP contribution in [0.15, 0.2) is 24.4 Å². The van der Waals surface area contributed by atoms with Crippen molar-refractivity contribution in [3.63, 3.8) is 0 Å². The Labute approximate surface area is 108 Å². The van der Waals surface area contributed by atoms with Crippen LogP contribution in [0.4, 0.5) is 0 Å². The van der Waals surface area contributed by atoms with Crippen LogP contribution in [0, 0.1) is 0 Å². The zero-order valence-corrected chi connectivity index (χ0v) is 11.1. The second-order valence-electron chi connectivity index (χ2n) is 3.81. The summed E-state index contributed by atoms with van der Waals surface area (Å²) in [6, 6.07) is 0. The lowest BCUT2D eigenvalue weighted by Crippen LogP contribution is -2.26. The summed E-state index contributed by atoms with van der Waals surface area (Å²) in [5.41, 5.74) is 0.505. The van der Waals surface area contributed by atoms with Gasteiger partial charge in [0.2, 0.25) is 0 Å². The minimum atomic E-state index is -0.477. The molecule has 0 aliphatic carbocycles. The molecule has 0 aliphatic rings. The van der Waals surface area contributed by atoms with Crippen molar-refractivity contribution in [1.82, 2.24) is 5.32 Å². The quantitative estimate of drug-likeness (QED) is 0.385. The molecular formula is C13H21NO4. The number of ether oxygens (including phenoxy) is 2. The topological polar surface area (TPSA) is 64.6 Å². The first kappa shape index (κ1) is 16.2. The van der Waals surface area contributed by atoms with E-state index in [-0.39, 0.29) is 12.3 Å². The normalized spacial score (nSPS) is 9.44. The number of nitrogens with one attached hydrogen (secondary N) is 1. The van der Waals surface area contributed by atoms with Crippen molar-refractivity contribution in [2.24, 2.45) is 0 Å². The Bertz CT molecular complexity index is 323. The molecule has 0 spiro atoms. The molecule has 0 amide bonds. The molecule has 0 fully saturated rings. The minimum absolute atomic E-state index is 0.146. The van der Waals surface area contributed by atoms with E-state index in [0.29, 0.717) is 18.7 Å². The van der Waals surface area contributed by atoms with Crippen molar-refractivity contribution in [3.8, 4) is 0 Å². The molecular weight excluding hydrogens is 234 g/mol. The summed E-state index contributed by atoms with van der Waals surface area (Å²) in [7, 11) is 0. The van der Waals surface area contributed by atoms with Crippen molar-refractivity contribution in [2.75, 3.05) is 19.8 Å². The van der Waals surface area contributed by atoms with Gasteiger partial charge in [-0.2, -0.15) is 0 Å². The van der Waals surface area contributed by atoms with E-state index in [1.54, 1.807) is 6.92 Å². The van der Waals surface area contributed by atoms with E-state index < -0.39 is 11.9 Å². The Morgan fingerprint density at radius 3 is 2.28 bits per heavy atom. The van der Waals surface area contributed by atoms with Gasteiger partial charge in [-0.15, -0.1) is 0 Å². The van der Waals surface area contributed by atoms with Gasteiger partial charge >= 0.3 is 11.9 Å². The first-order valence-corrected chi connectivity index (χ1v) is 5.91. The van der Waals surface area contributed by atoms with E-state index in [0.717, 1.165) is 12.8 Å². The van der Waals surface area contributed by atoms with E-state index in [1.165, 1.54) is 0 Å². The zero-order chi connectivity index (χ0) is 14.0. The number of hydrogen-bond donors (Lipinski definition) is 1. The smallest absolute Gasteiger partial charge is 0.353 e. The summed E-state index contributed by atoms with van der Waals surface area (Å²) >= 11 is 0. The molecule has 18 heavy (non-hydrogen) atoms. The number of carbonyl (C=O) groups is 2. The first-order valence-electron chi connectivity index (χ1n) is 5.91. The molecule has 0 bridgehead atoms. The number of unbranched alkanes of at least 4 members (excludes halogenated alkanes) is 1. The molecule has 0 aromatic rings. The maximum Gasteiger partial charge on any atom is 0.353 e. The van der Waals surface area contributed by atoms with Crippen molar-refractivity contribution >= 4 is 11.9 Å². The standard InChI is InChI=1S/C13H21NO4/c1-5-6-8-17-13(16)11(4)14-7-9-18-12(15)10(2)3/h14H,2,4-9H2,1,3H3. The van der Waals surface area contributed by atoms with Gasteiger partial charge in [-0.05, 0) is 13.3 Å². The van der Waals surface area contributed by atoms with Crippen LogP contribution >= 0.6 is 0 Å². The van der Waals surface area contributed by atoms with E-state index in [2.05, 4.69) is 18.5 Å². The third-order valence-electron chi connectivity index (χ3n) is 2.00. The number of carbonyl (C=O) groups excluding carboxylic acids is 2. The summed E-state index contributed by atoms with van der Waals surface area (Å²) in [5.74, 6) is -0.928. The predicted molar refractivity (Wildman–Crippen MR) is 68.8 cm³/mol. The Kier molecular flexibility index (Phi) is 8.35. The molecule has 0 rings (SSSR count). The first-order chi connectivity index (χ1) is 8.49. The third kappa shape index (κ3) is 7.49. The van der Waals surface area contributed by atoms with E-state index in [1.807, 2.05) is 6.92 Å². The largest absolute Gasteiger partial charge is 0.461 e. The SMILES string of the molecule is C=C(C)C(=O)OCCNC(=C)C(=O)OCCCC. The van der Waals surface area contributed by atoms with Crippen molar-refractivity contribution in [2.45, 2.75) is 26.7 Å². The summed E-state index contributed by atoms with van der Waals surface area (Å²) < 4.78 is 9.78. The Balaban J connectivity index is 3.67. The van der Waals surface area contributed by atoms with Crippen LogP contribution in [0.2, 0.25) is 0 Å².